The van der Waals surface area contributed by atoms with Gasteiger partial charge in [-0.1, -0.05) is 0 Å². The molecule has 6 heteroatoms. The van der Waals surface area contributed by atoms with E-state index in [-0.39, 0.29) is 25.1 Å². The Balaban J connectivity index is 3.88. The predicted octanol–water partition coefficient (Wildman–Crippen LogP) is 1.21. The van der Waals surface area contributed by atoms with E-state index in [2.05, 4.69) is 0 Å². The van der Waals surface area contributed by atoms with E-state index in [0.717, 1.165) is 0 Å². The number of halogens is 2. The quantitative estimate of drug-likeness (QED) is 0.723. The zero-order chi connectivity index (χ0) is 12.3. The standard InChI is InChI=1S/C10H4F2O4/c11-9-5(1-13)6(2-14)10(12)8(4-16)7(9)3-15/h1-4H. The third-order valence-electron chi connectivity index (χ3n) is 2.00. The Kier molecular flexibility index (Phi) is 3.34. The summed E-state index contributed by atoms with van der Waals surface area (Å²) in [7, 11) is 0. The summed E-state index contributed by atoms with van der Waals surface area (Å²) in [4.78, 5) is 41.8. The molecule has 0 aliphatic carbocycles. The second-order valence-electron chi connectivity index (χ2n) is 2.75. The molecule has 16 heavy (non-hydrogen) atoms. The van der Waals surface area contributed by atoms with Crippen LogP contribution in [0, 0.1) is 11.6 Å². The number of rotatable bonds is 4. The van der Waals surface area contributed by atoms with E-state index in [0.29, 0.717) is 0 Å². The van der Waals surface area contributed by atoms with Crippen molar-refractivity contribution < 1.29 is 28.0 Å². The van der Waals surface area contributed by atoms with Gasteiger partial charge in [0.15, 0.2) is 25.1 Å². The summed E-state index contributed by atoms with van der Waals surface area (Å²) in [5.74, 6) is -2.76. The van der Waals surface area contributed by atoms with Crippen molar-refractivity contribution >= 4 is 25.1 Å². The SMILES string of the molecule is O=Cc1c(F)c(C=O)c(C=O)c(F)c1C=O. The maximum atomic E-state index is 13.4. The van der Waals surface area contributed by atoms with Crippen LogP contribution >= 0.6 is 0 Å². The fourth-order valence-electron chi connectivity index (χ4n) is 1.22. The molecule has 0 saturated carbocycles. The molecule has 0 aliphatic heterocycles. The van der Waals surface area contributed by atoms with Gasteiger partial charge < -0.3 is 0 Å². The third kappa shape index (κ3) is 1.54. The molecule has 0 N–H and O–H groups in total. The highest BCUT2D eigenvalue weighted by atomic mass is 19.1. The Labute approximate surface area is 87.9 Å². The van der Waals surface area contributed by atoms with Crippen LogP contribution in [0.2, 0.25) is 0 Å². The van der Waals surface area contributed by atoms with Crippen molar-refractivity contribution in [3.63, 3.8) is 0 Å². The molecular weight excluding hydrogens is 222 g/mol. The van der Waals surface area contributed by atoms with E-state index in [9.17, 15) is 28.0 Å². The monoisotopic (exact) mass is 226 g/mol. The van der Waals surface area contributed by atoms with Crippen LogP contribution in [0.5, 0.6) is 0 Å². The van der Waals surface area contributed by atoms with Crippen molar-refractivity contribution in [3.05, 3.63) is 33.9 Å². The van der Waals surface area contributed by atoms with Crippen LogP contribution in [0.25, 0.3) is 0 Å². The van der Waals surface area contributed by atoms with E-state index in [1.54, 1.807) is 0 Å². The maximum Gasteiger partial charge on any atom is 0.153 e. The summed E-state index contributed by atoms with van der Waals surface area (Å²) >= 11 is 0. The Hall–Kier alpha value is -2.24. The van der Waals surface area contributed by atoms with Crippen molar-refractivity contribution in [1.82, 2.24) is 0 Å². The van der Waals surface area contributed by atoms with E-state index in [1.165, 1.54) is 0 Å². The molecule has 4 nitrogen and oxygen atoms in total. The van der Waals surface area contributed by atoms with Crippen LogP contribution in [0.1, 0.15) is 41.4 Å². The Bertz CT molecular complexity index is 408. The molecule has 1 aromatic rings. The lowest BCUT2D eigenvalue weighted by atomic mass is 9.99. The van der Waals surface area contributed by atoms with Gasteiger partial charge in [0.25, 0.3) is 0 Å². The van der Waals surface area contributed by atoms with Gasteiger partial charge in [-0.25, -0.2) is 8.78 Å². The molecular formula is C10H4F2O4. The topological polar surface area (TPSA) is 68.3 Å². The number of aldehydes is 4. The van der Waals surface area contributed by atoms with Crippen LogP contribution in [-0.4, -0.2) is 25.1 Å². The average Bonchev–Trinajstić information content (AvgIpc) is 2.30. The first-order valence-corrected chi connectivity index (χ1v) is 3.98. The lowest BCUT2D eigenvalue weighted by Gasteiger charge is -2.06. The maximum absolute atomic E-state index is 13.4. The van der Waals surface area contributed by atoms with Crippen molar-refractivity contribution in [3.8, 4) is 0 Å². The normalized spacial score (nSPS) is 9.62. The molecule has 1 rings (SSSR count). The smallest absolute Gasteiger partial charge is 0.153 e. The first-order chi connectivity index (χ1) is 7.62. The molecule has 0 aromatic heterocycles. The highest BCUT2D eigenvalue weighted by Gasteiger charge is 2.23. The largest absolute Gasteiger partial charge is 0.298 e. The third-order valence-corrected chi connectivity index (χ3v) is 2.00. The average molecular weight is 226 g/mol. The highest BCUT2D eigenvalue weighted by Crippen LogP contribution is 2.22. The molecule has 82 valence electrons. The number of carbonyl (C=O) groups is 4. The summed E-state index contributed by atoms with van der Waals surface area (Å²) in [6, 6.07) is 0. The molecule has 0 amide bonds. The van der Waals surface area contributed by atoms with Crippen LogP contribution < -0.4 is 0 Å². The number of hydrogen-bond acceptors (Lipinski definition) is 4. The van der Waals surface area contributed by atoms with E-state index in [1.807, 2.05) is 0 Å². The first-order valence-electron chi connectivity index (χ1n) is 3.98. The molecule has 0 saturated heterocycles. The molecule has 0 spiro atoms. The predicted molar refractivity (Wildman–Crippen MR) is 47.9 cm³/mol. The lowest BCUT2D eigenvalue weighted by molar-refractivity contribution is 0.107. The molecule has 0 fully saturated rings. The van der Waals surface area contributed by atoms with Gasteiger partial charge >= 0.3 is 0 Å². The lowest BCUT2D eigenvalue weighted by Crippen LogP contribution is -2.09. The summed E-state index contributed by atoms with van der Waals surface area (Å²) in [5, 5.41) is 0. The Morgan fingerprint density at radius 3 is 0.875 bits per heavy atom. The van der Waals surface area contributed by atoms with Crippen molar-refractivity contribution in [2.24, 2.45) is 0 Å². The first kappa shape index (κ1) is 11.8. The van der Waals surface area contributed by atoms with Gasteiger partial charge in [0.05, 0.1) is 22.3 Å². The van der Waals surface area contributed by atoms with E-state index >= 15 is 0 Å². The van der Waals surface area contributed by atoms with Gasteiger partial charge in [-0.15, -0.1) is 0 Å². The number of benzene rings is 1. The van der Waals surface area contributed by atoms with Crippen molar-refractivity contribution in [2.45, 2.75) is 0 Å². The molecule has 0 atom stereocenters. The Morgan fingerprint density at radius 2 is 0.750 bits per heavy atom. The molecule has 0 heterocycles. The van der Waals surface area contributed by atoms with Crippen LogP contribution in [0.3, 0.4) is 0 Å². The molecule has 1 aromatic carbocycles. The van der Waals surface area contributed by atoms with Crippen LogP contribution in [0.4, 0.5) is 8.78 Å². The van der Waals surface area contributed by atoms with E-state index < -0.39 is 33.9 Å². The number of carbonyl (C=O) groups excluding carboxylic acids is 4. The highest BCUT2D eigenvalue weighted by molar-refractivity contribution is 5.99. The summed E-state index contributed by atoms with van der Waals surface area (Å²) in [5.41, 5.74) is -3.50. The summed E-state index contributed by atoms with van der Waals surface area (Å²) in [6.07, 6.45) is -0.374. The minimum absolute atomic E-state index is 0.0935. The summed E-state index contributed by atoms with van der Waals surface area (Å²) < 4.78 is 26.8. The fraction of sp³-hybridized carbons (Fsp3) is 0. The van der Waals surface area contributed by atoms with Gasteiger partial charge in [0.1, 0.15) is 11.6 Å². The summed E-state index contributed by atoms with van der Waals surface area (Å²) in [6.45, 7) is 0. The minimum atomic E-state index is -1.38. The van der Waals surface area contributed by atoms with Crippen LogP contribution in [0.15, 0.2) is 0 Å². The zero-order valence-corrected chi connectivity index (χ0v) is 7.70. The molecule has 0 radical (unpaired) electrons. The number of hydrogen-bond donors (Lipinski definition) is 0. The Morgan fingerprint density at radius 1 is 0.562 bits per heavy atom. The van der Waals surface area contributed by atoms with E-state index in [4.69, 9.17) is 0 Å². The molecule has 0 unspecified atom stereocenters. The van der Waals surface area contributed by atoms with Crippen molar-refractivity contribution in [1.29, 1.82) is 0 Å². The van der Waals surface area contributed by atoms with Gasteiger partial charge in [-0.05, 0) is 0 Å². The van der Waals surface area contributed by atoms with Gasteiger partial charge in [0, 0.05) is 0 Å². The molecule has 0 bridgehead atoms. The van der Waals surface area contributed by atoms with Gasteiger partial charge in [-0.2, -0.15) is 0 Å². The van der Waals surface area contributed by atoms with Crippen molar-refractivity contribution in [2.75, 3.05) is 0 Å². The minimum Gasteiger partial charge on any atom is -0.298 e. The van der Waals surface area contributed by atoms with Gasteiger partial charge in [0.2, 0.25) is 0 Å². The zero-order valence-electron chi connectivity index (χ0n) is 7.70. The second kappa shape index (κ2) is 4.52. The fourth-order valence-corrected chi connectivity index (χ4v) is 1.22. The van der Waals surface area contributed by atoms with Gasteiger partial charge in [-0.3, -0.25) is 19.2 Å². The second-order valence-corrected chi connectivity index (χ2v) is 2.75. The van der Waals surface area contributed by atoms with Crippen LogP contribution in [-0.2, 0) is 0 Å². The molecule has 0 aliphatic rings.